The van der Waals surface area contributed by atoms with Gasteiger partial charge in [-0.2, -0.15) is 4.90 Å². The van der Waals surface area contributed by atoms with Crippen molar-refractivity contribution in [3.05, 3.63) is 29.6 Å². The normalized spacial score (nSPS) is 24.5. The third kappa shape index (κ3) is 6.52. The van der Waals surface area contributed by atoms with Crippen LogP contribution in [-0.4, -0.2) is 71.4 Å². The first-order valence-corrected chi connectivity index (χ1v) is 15.5. The molecule has 0 aromatic heterocycles. The standard InChI is InChI=1S/C29H44BFN2O8S/c1-24(2,3)38-22(34)33(23(35)39-25(4,5)6)21-26(7,8)42(36,37)17-29(13,32-21)19-16-18(14-15-20(19)31)30-40-27(9,10)28(11,12)41-30/h14-16H,17H2,1-13H3. The average Bonchev–Trinajstić information content (AvgIpc) is 2.96. The lowest BCUT2D eigenvalue weighted by molar-refractivity contribution is 0.00578. The first-order chi connectivity index (χ1) is 18.6. The van der Waals surface area contributed by atoms with Crippen LogP contribution in [0.1, 0.15) is 95.6 Å². The van der Waals surface area contributed by atoms with Gasteiger partial charge in [0.15, 0.2) is 9.84 Å². The molecule has 2 heterocycles. The van der Waals surface area contributed by atoms with Crippen LogP contribution < -0.4 is 5.46 Å². The summed E-state index contributed by atoms with van der Waals surface area (Å²) in [5.74, 6) is -1.77. The minimum atomic E-state index is -4.17. The molecule has 42 heavy (non-hydrogen) atoms. The summed E-state index contributed by atoms with van der Waals surface area (Å²) in [6.07, 6.45) is -2.34. The van der Waals surface area contributed by atoms with E-state index in [1.165, 1.54) is 39.0 Å². The molecule has 10 nitrogen and oxygen atoms in total. The molecule has 1 aromatic rings. The van der Waals surface area contributed by atoms with Crippen LogP contribution in [0.4, 0.5) is 14.0 Å². The van der Waals surface area contributed by atoms with Gasteiger partial charge >= 0.3 is 19.3 Å². The van der Waals surface area contributed by atoms with Crippen LogP contribution in [0.25, 0.3) is 0 Å². The third-order valence-corrected chi connectivity index (χ3v) is 10.3. The first-order valence-electron chi connectivity index (χ1n) is 13.9. The number of carbonyl (C=O) groups is 2. The second-order valence-corrected chi connectivity index (χ2v) is 17.1. The molecule has 2 aliphatic heterocycles. The first kappa shape index (κ1) is 34.0. The number of amides is 2. The molecular weight excluding hydrogens is 566 g/mol. The van der Waals surface area contributed by atoms with Gasteiger partial charge in [0.05, 0.1) is 17.0 Å². The van der Waals surface area contributed by atoms with E-state index in [4.69, 9.17) is 18.8 Å². The van der Waals surface area contributed by atoms with Crippen LogP contribution in [0.15, 0.2) is 23.2 Å². The van der Waals surface area contributed by atoms with Crippen molar-refractivity contribution in [2.75, 3.05) is 5.75 Å². The largest absolute Gasteiger partial charge is 0.494 e. The fourth-order valence-electron chi connectivity index (χ4n) is 4.49. The van der Waals surface area contributed by atoms with Crippen LogP contribution in [0, 0.1) is 5.82 Å². The van der Waals surface area contributed by atoms with Crippen molar-refractivity contribution in [3.63, 3.8) is 0 Å². The van der Waals surface area contributed by atoms with Crippen molar-refractivity contribution in [2.24, 2.45) is 4.99 Å². The van der Waals surface area contributed by atoms with Crippen LogP contribution in [-0.2, 0) is 34.2 Å². The summed E-state index contributed by atoms with van der Waals surface area (Å²) in [7, 11) is -5.02. The van der Waals surface area contributed by atoms with E-state index < -0.39 is 79.2 Å². The number of hydrogen-bond acceptors (Lipinski definition) is 9. The summed E-state index contributed by atoms with van der Waals surface area (Å²) in [5.41, 5.74) is -4.77. The van der Waals surface area contributed by atoms with Crippen LogP contribution >= 0.6 is 0 Å². The Kier molecular flexibility index (Phi) is 8.33. The minimum Gasteiger partial charge on any atom is -0.443 e. The van der Waals surface area contributed by atoms with Crippen molar-refractivity contribution in [1.29, 1.82) is 0 Å². The maximum Gasteiger partial charge on any atom is 0.494 e. The highest BCUT2D eigenvalue weighted by Crippen LogP contribution is 2.41. The number of nitrogens with zero attached hydrogens (tertiary/aromatic N) is 2. The molecule has 1 fully saturated rings. The van der Waals surface area contributed by atoms with Gasteiger partial charge in [-0.3, -0.25) is 4.99 Å². The van der Waals surface area contributed by atoms with E-state index in [2.05, 4.69) is 4.99 Å². The Labute approximate surface area is 249 Å². The van der Waals surface area contributed by atoms with E-state index in [1.807, 2.05) is 27.7 Å². The number of rotatable bonds is 2. The highest BCUT2D eigenvalue weighted by molar-refractivity contribution is 7.93. The molecule has 0 N–H and O–H groups in total. The Bertz CT molecular complexity index is 1370. The molecule has 3 rings (SSSR count). The number of hydrogen-bond donors (Lipinski definition) is 0. The van der Waals surface area contributed by atoms with E-state index in [0.29, 0.717) is 10.4 Å². The molecule has 234 valence electrons. The van der Waals surface area contributed by atoms with E-state index in [-0.39, 0.29) is 5.56 Å². The molecular formula is C29H44BFN2O8S. The monoisotopic (exact) mass is 610 g/mol. The molecule has 1 saturated heterocycles. The van der Waals surface area contributed by atoms with Crippen molar-refractivity contribution in [3.8, 4) is 0 Å². The molecule has 13 heteroatoms. The van der Waals surface area contributed by atoms with Crippen molar-refractivity contribution in [1.82, 2.24) is 4.90 Å². The summed E-state index contributed by atoms with van der Waals surface area (Å²) < 4.78 is 64.7. The summed E-state index contributed by atoms with van der Waals surface area (Å²) >= 11 is 0. The molecule has 2 amide bonds. The van der Waals surface area contributed by atoms with Gasteiger partial charge in [0.2, 0.25) is 0 Å². The second-order valence-electron chi connectivity index (χ2n) is 14.6. The third-order valence-electron chi connectivity index (χ3n) is 7.60. The molecule has 0 spiro atoms. The highest BCUT2D eigenvalue weighted by atomic mass is 32.2. The van der Waals surface area contributed by atoms with Crippen LogP contribution in [0.5, 0.6) is 0 Å². The van der Waals surface area contributed by atoms with Crippen molar-refractivity contribution >= 4 is 40.4 Å². The van der Waals surface area contributed by atoms with Crippen LogP contribution in [0.2, 0.25) is 0 Å². The number of amidine groups is 1. The Balaban J connectivity index is 2.25. The Morgan fingerprint density at radius 2 is 1.36 bits per heavy atom. The van der Waals surface area contributed by atoms with Crippen molar-refractivity contribution in [2.45, 2.75) is 123 Å². The molecule has 0 saturated carbocycles. The average molecular weight is 611 g/mol. The zero-order chi connectivity index (χ0) is 32.5. The predicted molar refractivity (Wildman–Crippen MR) is 159 cm³/mol. The number of imide groups is 1. The number of carbonyl (C=O) groups excluding carboxylic acids is 2. The number of aliphatic imine (C=N–C) groups is 1. The lowest BCUT2D eigenvalue weighted by atomic mass is 9.76. The lowest BCUT2D eigenvalue weighted by Gasteiger charge is -2.42. The van der Waals surface area contributed by atoms with E-state index in [9.17, 15) is 18.0 Å². The topological polar surface area (TPSA) is 121 Å². The fourth-order valence-corrected chi connectivity index (χ4v) is 6.23. The smallest absolute Gasteiger partial charge is 0.443 e. The SMILES string of the molecule is CC(C)(C)OC(=O)N(C(=O)OC(C)(C)C)C1=NC(C)(c2cc(B3OC(C)(C)C(C)(C)O3)ccc2F)CS(=O)(=O)C1(C)C. The van der Waals surface area contributed by atoms with E-state index in [1.54, 1.807) is 41.5 Å². The Morgan fingerprint density at radius 1 is 0.905 bits per heavy atom. The quantitative estimate of drug-likeness (QED) is 0.424. The fraction of sp³-hybridized carbons (Fsp3) is 0.690. The molecule has 1 unspecified atom stereocenters. The van der Waals surface area contributed by atoms with Gasteiger partial charge in [0, 0.05) is 5.56 Å². The zero-order valence-electron chi connectivity index (χ0n) is 27.0. The van der Waals surface area contributed by atoms with Gasteiger partial charge in [0.1, 0.15) is 33.1 Å². The molecule has 0 bridgehead atoms. The number of benzene rings is 1. The number of halogens is 1. The summed E-state index contributed by atoms with van der Waals surface area (Å²) in [5, 5.41) is 0. The molecule has 1 aromatic carbocycles. The summed E-state index contributed by atoms with van der Waals surface area (Å²) in [4.78, 5) is 32.1. The molecule has 1 atom stereocenters. The van der Waals surface area contributed by atoms with Gasteiger partial charge in [0.25, 0.3) is 0 Å². The molecule has 0 radical (unpaired) electrons. The lowest BCUT2D eigenvalue weighted by Crippen LogP contribution is -2.61. The number of sulfone groups is 1. The van der Waals surface area contributed by atoms with Gasteiger partial charge in [-0.15, -0.1) is 0 Å². The predicted octanol–water partition coefficient (Wildman–Crippen LogP) is 5.12. The maximum absolute atomic E-state index is 15.6. The van der Waals surface area contributed by atoms with Gasteiger partial charge < -0.3 is 18.8 Å². The Hall–Kier alpha value is -2.51. The Morgan fingerprint density at radius 3 is 1.79 bits per heavy atom. The number of ether oxygens (including phenoxy) is 2. The van der Waals surface area contributed by atoms with E-state index in [0.717, 1.165) is 0 Å². The van der Waals surface area contributed by atoms with Gasteiger partial charge in [-0.25, -0.2) is 22.4 Å². The maximum atomic E-state index is 15.6. The van der Waals surface area contributed by atoms with Crippen LogP contribution in [0.3, 0.4) is 0 Å². The molecule has 2 aliphatic rings. The second kappa shape index (κ2) is 10.3. The van der Waals surface area contributed by atoms with E-state index >= 15 is 4.39 Å². The zero-order valence-corrected chi connectivity index (χ0v) is 27.8. The summed E-state index contributed by atoms with van der Waals surface area (Å²) in [6, 6.07) is 4.16. The minimum absolute atomic E-state index is 0.0698. The molecule has 0 aliphatic carbocycles. The van der Waals surface area contributed by atoms with Crippen molar-refractivity contribution < 1.29 is 41.2 Å². The summed E-state index contributed by atoms with van der Waals surface area (Å²) in [6.45, 7) is 21.2. The van der Waals surface area contributed by atoms with Gasteiger partial charge in [-0.05, 0) is 102 Å². The highest BCUT2D eigenvalue weighted by Gasteiger charge is 2.56. The van der Waals surface area contributed by atoms with Gasteiger partial charge in [-0.1, -0.05) is 12.1 Å².